The van der Waals surface area contributed by atoms with Crippen LogP contribution in [0.25, 0.3) is 0 Å². The molecule has 0 unspecified atom stereocenters. The Morgan fingerprint density at radius 2 is 2.29 bits per heavy atom. The van der Waals surface area contributed by atoms with Crippen molar-refractivity contribution in [2.45, 2.75) is 13.3 Å². The fraction of sp³-hybridized carbons (Fsp3) is 0.333. The van der Waals surface area contributed by atoms with Gasteiger partial charge in [-0.3, -0.25) is 0 Å². The van der Waals surface area contributed by atoms with E-state index in [1.54, 1.807) is 6.92 Å². The normalized spacial score (nSPS) is 9.93. The summed E-state index contributed by atoms with van der Waals surface area (Å²) in [4.78, 5) is 14.2. The van der Waals surface area contributed by atoms with E-state index in [1.165, 1.54) is 0 Å². The van der Waals surface area contributed by atoms with Crippen molar-refractivity contribution in [1.82, 2.24) is 4.98 Å². The molecule has 3 nitrogen and oxygen atoms in total. The highest BCUT2D eigenvalue weighted by Crippen LogP contribution is 2.10. The number of pyridine rings is 1. The standard InChI is InChI=1S/C9H9F2NO2/c1-2-5-14-9(13)6-3-4-12-8(11)7(6)10/h3-4H,2,5H2,1H3. The van der Waals surface area contributed by atoms with Gasteiger partial charge in [0.25, 0.3) is 0 Å². The maximum Gasteiger partial charge on any atom is 0.341 e. The van der Waals surface area contributed by atoms with Crippen LogP contribution in [-0.2, 0) is 4.74 Å². The van der Waals surface area contributed by atoms with Gasteiger partial charge in [-0.25, -0.2) is 14.2 Å². The highest BCUT2D eigenvalue weighted by Gasteiger charge is 2.16. The molecule has 5 heteroatoms. The van der Waals surface area contributed by atoms with E-state index in [9.17, 15) is 13.6 Å². The van der Waals surface area contributed by atoms with Crippen LogP contribution < -0.4 is 0 Å². The summed E-state index contributed by atoms with van der Waals surface area (Å²) in [6.45, 7) is 1.99. The molecule has 0 saturated heterocycles. The number of esters is 1. The second-order valence-electron chi connectivity index (χ2n) is 2.60. The zero-order valence-corrected chi connectivity index (χ0v) is 7.59. The van der Waals surface area contributed by atoms with E-state index in [1.807, 2.05) is 0 Å². The molecule has 0 fully saturated rings. The number of nitrogens with zero attached hydrogens (tertiary/aromatic N) is 1. The first kappa shape index (κ1) is 10.6. The third-order valence-electron chi connectivity index (χ3n) is 1.50. The summed E-state index contributed by atoms with van der Waals surface area (Å²) in [5, 5.41) is 0. The Bertz CT molecular complexity index is 342. The summed E-state index contributed by atoms with van der Waals surface area (Å²) in [7, 11) is 0. The Morgan fingerprint density at radius 1 is 1.57 bits per heavy atom. The van der Waals surface area contributed by atoms with Gasteiger partial charge in [0.05, 0.1) is 6.61 Å². The van der Waals surface area contributed by atoms with E-state index in [0.29, 0.717) is 6.42 Å². The number of carbonyl (C=O) groups excluding carboxylic acids is 1. The fourth-order valence-electron chi connectivity index (χ4n) is 0.848. The van der Waals surface area contributed by atoms with Crippen molar-refractivity contribution >= 4 is 5.97 Å². The number of carbonyl (C=O) groups is 1. The van der Waals surface area contributed by atoms with Crippen LogP contribution in [0.4, 0.5) is 8.78 Å². The van der Waals surface area contributed by atoms with Crippen LogP contribution >= 0.6 is 0 Å². The molecule has 0 atom stereocenters. The van der Waals surface area contributed by atoms with Crippen molar-refractivity contribution in [3.8, 4) is 0 Å². The number of aromatic nitrogens is 1. The van der Waals surface area contributed by atoms with Crippen LogP contribution in [0.2, 0.25) is 0 Å². The van der Waals surface area contributed by atoms with Gasteiger partial charge in [0.15, 0.2) is 5.82 Å². The summed E-state index contributed by atoms with van der Waals surface area (Å²) in [6, 6.07) is 1.08. The van der Waals surface area contributed by atoms with Gasteiger partial charge in [0.2, 0.25) is 5.95 Å². The van der Waals surface area contributed by atoms with Crippen molar-refractivity contribution in [1.29, 1.82) is 0 Å². The molecule has 1 rings (SSSR count). The summed E-state index contributed by atoms with van der Waals surface area (Å²) in [5.41, 5.74) is -0.425. The minimum atomic E-state index is -1.30. The molecule has 0 amide bonds. The monoisotopic (exact) mass is 201 g/mol. The fourth-order valence-corrected chi connectivity index (χ4v) is 0.848. The van der Waals surface area contributed by atoms with Crippen LogP contribution in [0.15, 0.2) is 12.3 Å². The second kappa shape index (κ2) is 4.64. The van der Waals surface area contributed by atoms with Crippen molar-refractivity contribution in [3.05, 3.63) is 29.6 Å². The maximum absolute atomic E-state index is 12.9. The summed E-state index contributed by atoms with van der Waals surface area (Å²) >= 11 is 0. The first-order valence-corrected chi connectivity index (χ1v) is 4.14. The van der Waals surface area contributed by atoms with Gasteiger partial charge < -0.3 is 4.74 Å². The van der Waals surface area contributed by atoms with E-state index in [2.05, 4.69) is 9.72 Å². The molecular weight excluding hydrogens is 192 g/mol. The molecule has 0 aliphatic heterocycles. The molecule has 1 heterocycles. The summed E-state index contributed by atoms with van der Waals surface area (Å²) < 4.78 is 30.1. The zero-order valence-electron chi connectivity index (χ0n) is 7.59. The molecule has 1 aromatic heterocycles. The SMILES string of the molecule is CCCOC(=O)c1ccnc(F)c1F. The Balaban J connectivity index is 2.84. The van der Waals surface area contributed by atoms with Gasteiger partial charge in [-0.05, 0) is 12.5 Å². The minimum absolute atomic E-state index is 0.183. The van der Waals surface area contributed by atoms with Gasteiger partial charge >= 0.3 is 5.97 Å². The molecule has 0 aliphatic carbocycles. The molecule has 14 heavy (non-hydrogen) atoms. The van der Waals surface area contributed by atoms with E-state index in [0.717, 1.165) is 12.3 Å². The van der Waals surface area contributed by atoms with E-state index < -0.39 is 23.3 Å². The minimum Gasteiger partial charge on any atom is -0.462 e. The van der Waals surface area contributed by atoms with Crippen molar-refractivity contribution < 1.29 is 18.3 Å². The molecular formula is C9H9F2NO2. The lowest BCUT2D eigenvalue weighted by molar-refractivity contribution is 0.0498. The van der Waals surface area contributed by atoms with E-state index >= 15 is 0 Å². The molecule has 1 aromatic rings. The lowest BCUT2D eigenvalue weighted by Gasteiger charge is -2.03. The van der Waals surface area contributed by atoms with E-state index in [-0.39, 0.29) is 6.61 Å². The van der Waals surface area contributed by atoms with Crippen LogP contribution in [0.1, 0.15) is 23.7 Å². The molecule has 0 saturated carbocycles. The third-order valence-corrected chi connectivity index (χ3v) is 1.50. The first-order chi connectivity index (χ1) is 6.66. The first-order valence-electron chi connectivity index (χ1n) is 4.14. The Kier molecular flexibility index (Phi) is 3.50. The van der Waals surface area contributed by atoms with Crippen molar-refractivity contribution in [2.75, 3.05) is 6.61 Å². The van der Waals surface area contributed by atoms with Crippen molar-refractivity contribution in [3.63, 3.8) is 0 Å². The Labute approximate surface area is 79.7 Å². The maximum atomic E-state index is 12.9. The highest BCUT2D eigenvalue weighted by atomic mass is 19.2. The molecule has 0 aromatic carbocycles. The molecule has 0 aliphatic rings. The van der Waals surface area contributed by atoms with Crippen LogP contribution in [0.3, 0.4) is 0 Å². The van der Waals surface area contributed by atoms with Gasteiger partial charge in [-0.2, -0.15) is 4.39 Å². The lowest BCUT2D eigenvalue weighted by atomic mass is 10.2. The van der Waals surface area contributed by atoms with Gasteiger partial charge in [0, 0.05) is 6.20 Å². The predicted molar refractivity (Wildman–Crippen MR) is 44.7 cm³/mol. The number of hydrogen-bond donors (Lipinski definition) is 0. The molecule has 0 bridgehead atoms. The molecule has 0 radical (unpaired) electrons. The van der Waals surface area contributed by atoms with Gasteiger partial charge in [-0.15, -0.1) is 0 Å². The van der Waals surface area contributed by atoms with Crippen LogP contribution in [0.5, 0.6) is 0 Å². The second-order valence-corrected chi connectivity index (χ2v) is 2.60. The zero-order chi connectivity index (χ0) is 10.6. The number of rotatable bonds is 3. The number of ether oxygens (including phenoxy) is 1. The lowest BCUT2D eigenvalue weighted by Crippen LogP contribution is -2.10. The Morgan fingerprint density at radius 3 is 2.93 bits per heavy atom. The summed E-state index contributed by atoms with van der Waals surface area (Å²) in [6.07, 6.45) is 1.64. The predicted octanol–water partition coefficient (Wildman–Crippen LogP) is 1.93. The van der Waals surface area contributed by atoms with Gasteiger partial charge in [0.1, 0.15) is 5.56 Å². The summed E-state index contributed by atoms with van der Waals surface area (Å²) in [5.74, 6) is -3.43. The average Bonchev–Trinajstić information content (AvgIpc) is 2.18. The highest BCUT2D eigenvalue weighted by molar-refractivity contribution is 5.89. The third kappa shape index (κ3) is 2.25. The smallest absolute Gasteiger partial charge is 0.341 e. The number of hydrogen-bond acceptors (Lipinski definition) is 3. The number of halogens is 2. The topological polar surface area (TPSA) is 39.2 Å². The Hall–Kier alpha value is -1.52. The molecule has 0 N–H and O–H groups in total. The van der Waals surface area contributed by atoms with Crippen molar-refractivity contribution in [2.24, 2.45) is 0 Å². The molecule has 0 spiro atoms. The van der Waals surface area contributed by atoms with Gasteiger partial charge in [-0.1, -0.05) is 6.92 Å². The van der Waals surface area contributed by atoms with Crippen LogP contribution in [0, 0.1) is 11.8 Å². The van der Waals surface area contributed by atoms with E-state index in [4.69, 9.17) is 0 Å². The largest absolute Gasteiger partial charge is 0.462 e. The molecule has 76 valence electrons. The van der Waals surface area contributed by atoms with Crippen LogP contribution in [-0.4, -0.2) is 17.6 Å². The quantitative estimate of drug-likeness (QED) is 0.554. The average molecular weight is 201 g/mol.